The molecule has 1 aliphatic heterocycles. The van der Waals surface area contributed by atoms with Gasteiger partial charge in [-0.3, -0.25) is 9.59 Å². The van der Waals surface area contributed by atoms with Crippen molar-refractivity contribution in [3.8, 4) is 0 Å². The molecule has 8 heteroatoms. The van der Waals surface area contributed by atoms with Gasteiger partial charge in [0.2, 0.25) is 0 Å². The number of nitrogens with zero attached hydrogens (tertiary/aromatic N) is 1. The van der Waals surface area contributed by atoms with Crippen LogP contribution >= 0.6 is 23.4 Å². The molecule has 23 heavy (non-hydrogen) atoms. The van der Waals surface area contributed by atoms with Crippen LogP contribution in [0.25, 0.3) is 0 Å². The van der Waals surface area contributed by atoms with Gasteiger partial charge in [0.15, 0.2) is 11.0 Å². The molecular weight excluding hydrogens is 338 g/mol. The van der Waals surface area contributed by atoms with Crippen LogP contribution in [0.3, 0.4) is 0 Å². The summed E-state index contributed by atoms with van der Waals surface area (Å²) < 4.78 is 0. The van der Waals surface area contributed by atoms with E-state index in [-0.39, 0.29) is 11.7 Å². The molecule has 0 saturated carbocycles. The molecule has 1 aliphatic rings. The summed E-state index contributed by atoms with van der Waals surface area (Å²) in [6.07, 6.45) is 1.16. The van der Waals surface area contributed by atoms with Crippen LogP contribution < -0.4 is 5.32 Å². The number of carbonyl (C=O) groups is 2. The van der Waals surface area contributed by atoms with Crippen LogP contribution in [0, 0.1) is 0 Å². The van der Waals surface area contributed by atoms with Crippen LogP contribution in [0.2, 0.25) is 5.15 Å². The highest BCUT2D eigenvalue weighted by molar-refractivity contribution is 8.01. The first-order valence-corrected chi connectivity index (χ1v) is 8.31. The number of H-pyrrole nitrogens is 1. The van der Waals surface area contributed by atoms with E-state index in [1.54, 1.807) is 12.1 Å². The maximum absolute atomic E-state index is 12.2. The molecule has 2 heterocycles. The number of imidazole rings is 1. The van der Waals surface area contributed by atoms with Gasteiger partial charge in [-0.2, -0.15) is 0 Å². The third-order valence-corrected chi connectivity index (χ3v) is 5.17. The molecule has 0 spiro atoms. The first kappa shape index (κ1) is 15.9. The van der Waals surface area contributed by atoms with Gasteiger partial charge in [0, 0.05) is 10.6 Å². The lowest BCUT2D eigenvalue weighted by Gasteiger charge is -2.05. The average molecular weight is 352 g/mol. The smallest absolute Gasteiger partial charge is 0.317 e. The number of thioether (sulfide) groups is 1. The van der Waals surface area contributed by atoms with Gasteiger partial charge in [-0.15, -0.1) is 11.8 Å². The molecule has 0 aliphatic carbocycles. The predicted molar refractivity (Wildman–Crippen MR) is 88.4 cm³/mol. The molecule has 3 rings (SSSR count). The number of carboxylic acid groups (broad SMARTS) is 1. The van der Waals surface area contributed by atoms with Gasteiger partial charge in [-0.05, 0) is 30.5 Å². The van der Waals surface area contributed by atoms with Crippen molar-refractivity contribution in [2.45, 2.75) is 29.9 Å². The summed E-state index contributed by atoms with van der Waals surface area (Å²) in [6.45, 7) is 1.91. The van der Waals surface area contributed by atoms with E-state index in [0.717, 1.165) is 10.5 Å². The maximum Gasteiger partial charge on any atom is 0.317 e. The van der Waals surface area contributed by atoms with Crippen LogP contribution in [0.5, 0.6) is 0 Å². The van der Waals surface area contributed by atoms with Gasteiger partial charge in [0.05, 0.1) is 5.69 Å². The van der Waals surface area contributed by atoms with Crippen LogP contribution in [-0.4, -0.2) is 32.2 Å². The quantitative estimate of drug-likeness (QED) is 0.787. The molecule has 3 N–H and O–H groups in total. The molecule has 0 radical (unpaired) electrons. The predicted octanol–water partition coefficient (Wildman–Crippen LogP) is 2.98. The second-order valence-corrected chi connectivity index (χ2v) is 6.74. The summed E-state index contributed by atoms with van der Waals surface area (Å²) in [5.74, 6) is -1.05. The number of rotatable bonds is 4. The van der Waals surface area contributed by atoms with Crippen molar-refractivity contribution in [1.29, 1.82) is 0 Å². The SMILES string of the molecule is CCc1[nH]c(C(=O)Nc2ccc3c(c2)SC(C(=O)O)C3)nc1Cl. The maximum atomic E-state index is 12.2. The Kier molecular flexibility index (Phi) is 4.32. The Bertz CT molecular complexity index is 790. The second kappa shape index (κ2) is 6.25. The van der Waals surface area contributed by atoms with E-state index in [9.17, 15) is 9.59 Å². The molecule has 2 aromatic rings. The van der Waals surface area contributed by atoms with Gasteiger partial charge < -0.3 is 15.4 Å². The van der Waals surface area contributed by atoms with Crippen molar-refractivity contribution in [3.05, 3.63) is 40.4 Å². The fourth-order valence-electron chi connectivity index (χ4n) is 2.36. The number of aromatic amines is 1. The zero-order valence-electron chi connectivity index (χ0n) is 12.2. The molecule has 0 fully saturated rings. The Balaban J connectivity index is 1.75. The molecule has 1 aromatic carbocycles. The Hall–Kier alpha value is -1.99. The molecule has 1 atom stereocenters. The van der Waals surface area contributed by atoms with E-state index < -0.39 is 11.2 Å². The third kappa shape index (κ3) is 3.20. The largest absolute Gasteiger partial charge is 0.480 e. The van der Waals surface area contributed by atoms with Gasteiger partial charge in [0.1, 0.15) is 5.25 Å². The number of nitrogens with one attached hydrogen (secondary N) is 2. The molecular formula is C15H14ClN3O3S. The molecule has 1 unspecified atom stereocenters. The number of anilines is 1. The van der Waals surface area contributed by atoms with Gasteiger partial charge in [-0.25, -0.2) is 4.98 Å². The normalized spacial score (nSPS) is 16.2. The summed E-state index contributed by atoms with van der Waals surface area (Å²) in [7, 11) is 0. The number of benzene rings is 1. The Labute approximate surface area is 141 Å². The minimum Gasteiger partial charge on any atom is -0.480 e. The molecule has 1 amide bonds. The first-order chi connectivity index (χ1) is 11.0. The first-order valence-electron chi connectivity index (χ1n) is 7.06. The van der Waals surface area contributed by atoms with Crippen molar-refractivity contribution >= 4 is 40.9 Å². The van der Waals surface area contributed by atoms with Gasteiger partial charge in [0.25, 0.3) is 5.91 Å². The molecule has 120 valence electrons. The van der Waals surface area contributed by atoms with Crippen LogP contribution in [-0.2, 0) is 17.6 Å². The van der Waals surface area contributed by atoms with E-state index in [1.165, 1.54) is 11.8 Å². The van der Waals surface area contributed by atoms with Crippen molar-refractivity contribution < 1.29 is 14.7 Å². The minimum atomic E-state index is -0.825. The van der Waals surface area contributed by atoms with Gasteiger partial charge in [-0.1, -0.05) is 24.6 Å². The number of carboxylic acids is 1. The highest BCUT2D eigenvalue weighted by Crippen LogP contribution is 2.38. The molecule has 6 nitrogen and oxygen atoms in total. The Morgan fingerprint density at radius 3 is 2.96 bits per heavy atom. The lowest BCUT2D eigenvalue weighted by molar-refractivity contribution is -0.136. The van der Waals surface area contributed by atoms with E-state index in [0.29, 0.717) is 29.4 Å². The minimum absolute atomic E-state index is 0.156. The standard InChI is InChI=1S/C15H14ClN3O3S/c1-2-9-12(16)19-13(18-9)14(20)17-8-4-3-7-5-11(15(21)22)23-10(7)6-8/h3-4,6,11H,2,5H2,1H3,(H,17,20)(H,18,19)(H,21,22). The van der Waals surface area contributed by atoms with E-state index in [2.05, 4.69) is 15.3 Å². The number of fused-ring (bicyclic) bond motifs is 1. The average Bonchev–Trinajstić information content (AvgIpc) is 3.10. The fraction of sp³-hybridized carbons (Fsp3) is 0.267. The van der Waals surface area contributed by atoms with Crippen molar-refractivity contribution in [2.75, 3.05) is 5.32 Å². The highest BCUT2D eigenvalue weighted by atomic mass is 35.5. The van der Waals surface area contributed by atoms with Crippen molar-refractivity contribution in [2.24, 2.45) is 0 Å². The molecule has 0 bridgehead atoms. The number of amides is 1. The number of hydrogen-bond donors (Lipinski definition) is 3. The second-order valence-electron chi connectivity index (χ2n) is 5.13. The summed E-state index contributed by atoms with van der Waals surface area (Å²) in [5, 5.41) is 11.7. The summed E-state index contributed by atoms with van der Waals surface area (Å²) in [5.41, 5.74) is 2.29. The van der Waals surface area contributed by atoms with E-state index in [1.807, 2.05) is 13.0 Å². The van der Waals surface area contributed by atoms with Crippen LogP contribution in [0.4, 0.5) is 5.69 Å². The summed E-state index contributed by atoms with van der Waals surface area (Å²) >= 11 is 7.23. The number of hydrogen-bond acceptors (Lipinski definition) is 4. The summed E-state index contributed by atoms with van der Waals surface area (Å²) in [6, 6.07) is 5.38. The molecule has 0 saturated heterocycles. The monoisotopic (exact) mass is 351 g/mol. The fourth-order valence-corrected chi connectivity index (χ4v) is 3.80. The third-order valence-electron chi connectivity index (χ3n) is 3.57. The van der Waals surface area contributed by atoms with Crippen LogP contribution in [0.15, 0.2) is 23.1 Å². The molecule has 1 aromatic heterocycles. The number of aryl methyl sites for hydroxylation is 1. The number of halogens is 1. The lowest BCUT2D eigenvalue weighted by Crippen LogP contribution is -2.14. The number of aliphatic carboxylic acids is 1. The lowest BCUT2D eigenvalue weighted by atomic mass is 10.1. The number of carbonyl (C=O) groups excluding carboxylic acids is 1. The Morgan fingerprint density at radius 2 is 2.30 bits per heavy atom. The topological polar surface area (TPSA) is 95.1 Å². The zero-order chi connectivity index (χ0) is 16.6. The van der Waals surface area contributed by atoms with Crippen molar-refractivity contribution in [3.63, 3.8) is 0 Å². The van der Waals surface area contributed by atoms with Crippen molar-refractivity contribution in [1.82, 2.24) is 9.97 Å². The number of aromatic nitrogens is 2. The zero-order valence-corrected chi connectivity index (χ0v) is 13.8. The highest BCUT2D eigenvalue weighted by Gasteiger charge is 2.28. The van der Waals surface area contributed by atoms with E-state index in [4.69, 9.17) is 16.7 Å². The van der Waals surface area contributed by atoms with Crippen LogP contribution in [0.1, 0.15) is 28.8 Å². The Morgan fingerprint density at radius 1 is 1.52 bits per heavy atom. The summed E-state index contributed by atoms with van der Waals surface area (Å²) in [4.78, 5) is 31.0. The van der Waals surface area contributed by atoms with E-state index >= 15 is 0 Å². The van der Waals surface area contributed by atoms with Gasteiger partial charge >= 0.3 is 5.97 Å².